The number of urea groups is 1. The molecule has 1 unspecified atom stereocenters. The molecule has 0 radical (unpaired) electrons. The fourth-order valence-corrected chi connectivity index (χ4v) is 3.13. The van der Waals surface area contributed by atoms with Gasteiger partial charge in [-0.1, -0.05) is 0 Å². The number of carboxylic acids is 1. The van der Waals surface area contributed by atoms with Gasteiger partial charge in [0.25, 0.3) is 0 Å². The van der Waals surface area contributed by atoms with E-state index in [0.717, 1.165) is 31.4 Å². The van der Waals surface area contributed by atoms with E-state index in [4.69, 9.17) is 10.2 Å². The van der Waals surface area contributed by atoms with Crippen molar-refractivity contribution in [3.8, 4) is 0 Å². The highest BCUT2D eigenvalue weighted by atomic mass is 32.1. The number of aliphatic hydroxyl groups is 1. The summed E-state index contributed by atoms with van der Waals surface area (Å²) in [6, 6.07) is -1.72. The van der Waals surface area contributed by atoms with E-state index in [-0.39, 0.29) is 13.0 Å². The first-order valence-corrected chi connectivity index (χ1v) is 7.31. The van der Waals surface area contributed by atoms with E-state index in [1.165, 1.54) is 16.2 Å². The van der Waals surface area contributed by atoms with Crippen LogP contribution in [0, 0.1) is 0 Å². The molecule has 110 valence electrons. The largest absolute Gasteiger partial charge is 0.480 e. The molecule has 1 aromatic rings. The van der Waals surface area contributed by atoms with Gasteiger partial charge in [0.05, 0.1) is 5.69 Å². The van der Waals surface area contributed by atoms with Crippen molar-refractivity contribution in [1.82, 2.24) is 10.3 Å². The van der Waals surface area contributed by atoms with Gasteiger partial charge in [-0.15, -0.1) is 11.3 Å². The molecular formula is C12H17N3O4S. The van der Waals surface area contributed by atoms with Crippen LogP contribution in [-0.2, 0) is 17.6 Å². The lowest BCUT2D eigenvalue weighted by Crippen LogP contribution is -2.43. The van der Waals surface area contributed by atoms with Crippen LogP contribution in [0.2, 0.25) is 0 Å². The molecule has 1 aromatic heterocycles. The zero-order chi connectivity index (χ0) is 14.5. The quantitative estimate of drug-likeness (QED) is 0.647. The number of anilines is 1. The average Bonchev–Trinajstić information content (AvgIpc) is 2.79. The molecule has 4 N–H and O–H groups in total. The highest BCUT2D eigenvalue weighted by Gasteiger charge is 2.21. The fraction of sp³-hybridized carbons (Fsp3) is 0.583. The number of fused-ring (bicyclic) bond motifs is 1. The number of hydrogen-bond acceptors (Lipinski definition) is 5. The van der Waals surface area contributed by atoms with E-state index in [0.29, 0.717) is 5.13 Å². The third-order valence-corrected chi connectivity index (χ3v) is 4.16. The summed E-state index contributed by atoms with van der Waals surface area (Å²) < 4.78 is 0. The molecule has 8 heteroatoms. The van der Waals surface area contributed by atoms with Gasteiger partial charge >= 0.3 is 12.0 Å². The molecular weight excluding hydrogens is 282 g/mol. The minimum atomic E-state index is -1.17. The predicted molar refractivity (Wildman–Crippen MR) is 74.0 cm³/mol. The molecule has 1 aliphatic carbocycles. The summed E-state index contributed by atoms with van der Waals surface area (Å²) in [6.07, 6.45) is 4.13. The lowest BCUT2D eigenvalue weighted by Gasteiger charge is -2.12. The van der Waals surface area contributed by atoms with Gasteiger partial charge in [0.2, 0.25) is 0 Å². The number of nitrogens with zero attached hydrogens (tertiary/aromatic N) is 1. The van der Waals surface area contributed by atoms with Gasteiger partial charge in [-0.25, -0.2) is 14.6 Å². The molecule has 0 spiro atoms. The van der Waals surface area contributed by atoms with Crippen LogP contribution in [-0.4, -0.2) is 39.8 Å². The summed E-state index contributed by atoms with van der Waals surface area (Å²) in [7, 11) is 0. The molecule has 1 aliphatic rings. The number of hydrogen-bond donors (Lipinski definition) is 4. The molecule has 2 rings (SSSR count). The summed E-state index contributed by atoms with van der Waals surface area (Å²) in [5.41, 5.74) is 1.03. The number of amides is 2. The van der Waals surface area contributed by atoms with E-state index in [9.17, 15) is 9.59 Å². The third kappa shape index (κ3) is 3.67. The van der Waals surface area contributed by atoms with Gasteiger partial charge in [0, 0.05) is 17.9 Å². The normalized spacial score (nSPS) is 15.2. The molecule has 0 aromatic carbocycles. The second-order valence-corrected chi connectivity index (χ2v) is 5.68. The number of rotatable bonds is 5. The number of carboxylic acid groups (broad SMARTS) is 1. The van der Waals surface area contributed by atoms with Crippen LogP contribution in [0.25, 0.3) is 0 Å². The highest BCUT2D eigenvalue weighted by molar-refractivity contribution is 7.15. The Kier molecular flexibility index (Phi) is 4.91. The van der Waals surface area contributed by atoms with Crippen LogP contribution in [0.3, 0.4) is 0 Å². The van der Waals surface area contributed by atoms with E-state index in [1.54, 1.807) is 0 Å². The number of aromatic nitrogens is 1. The Morgan fingerprint density at radius 1 is 1.35 bits per heavy atom. The Balaban J connectivity index is 1.93. The lowest BCUT2D eigenvalue weighted by atomic mass is 10.0. The topological polar surface area (TPSA) is 112 Å². The Hall–Kier alpha value is -1.67. The summed E-state index contributed by atoms with van der Waals surface area (Å²) in [5.74, 6) is -1.17. The fourth-order valence-electron chi connectivity index (χ4n) is 2.08. The smallest absolute Gasteiger partial charge is 0.326 e. The SMILES string of the molecule is O=C(Nc1nc2c(s1)CCCC2)NC(CCO)C(=O)O. The summed E-state index contributed by atoms with van der Waals surface area (Å²) in [6.45, 7) is -0.303. The van der Waals surface area contributed by atoms with Gasteiger partial charge in [0.15, 0.2) is 5.13 Å². The average molecular weight is 299 g/mol. The molecule has 0 aliphatic heterocycles. The van der Waals surface area contributed by atoms with E-state index >= 15 is 0 Å². The van der Waals surface area contributed by atoms with Crippen molar-refractivity contribution < 1.29 is 19.8 Å². The van der Waals surface area contributed by atoms with Crippen molar-refractivity contribution in [2.45, 2.75) is 38.1 Å². The first-order valence-electron chi connectivity index (χ1n) is 6.50. The van der Waals surface area contributed by atoms with Gasteiger partial charge in [0.1, 0.15) is 6.04 Å². The standard InChI is InChI=1S/C12H17N3O4S/c16-6-5-8(10(17)18)13-11(19)15-12-14-7-3-1-2-4-9(7)20-12/h8,16H,1-6H2,(H,17,18)(H2,13,14,15,19). The Morgan fingerprint density at radius 3 is 2.75 bits per heavy atom. The second-order valence-electron chi connectivity index (χ2n) is 4.60. The number of aliphatic carboxylic acids is 1. The molecule has 2 amide bonds. The number of carbonyl (C=O) groups is 2. The van der Waals surface area contributed by atoms with Crippen molar-refractivity contribution in [1.29, 1.82) is 0 Å². The number of aliphatic hydroxyl groups excluding tert-OH is 1. The number of nitrogens with one attached hydrogen (secondary N) is 2. The minimum Gasteiger partial charge on any atom is -0.480 e. The summed E-state index contributed by atoms with van der Waals surface area (Å²) in [5, 5.41) is 23.0. The van der Waals surface area contributed by atoms with Crippen molar-refractivity contribution in [3.63, 3.8) is 0 Å². The molecule has 0 fully saturated rings. The second kappa shape index (κ2) is 6.67. The molecule has 0 saturated heterocycles. The molecule has 0 bridgehead atoms. The van der Waals surface area contributed by atoms with Gasteiger partial charge in [-0.2, -0.15) is 0 Å². The first-order chi connectivity index (χ1) is 9.60. The van der Waals surface area contributed by atoms with Crippen LogP contribution < -0.4 is 10.6 Å². The highest BCUT2D eigenvalue weighted by Crippen LogP contribution is 2.29. The Morgan fingerprint density at radius 2 is 2.10 bits per heavy atom. The number of thiazole rings is 1. The van der Waals surface area contributed by atoms with Gasteiger partial charge < -0.3 is 15.5 Å². The van der Waals surface area contributed by atoms with Gasteiger partial charge in [-0.05, 0) is 25.7 Å². The molecule has 1 heterocycles. The van der Waals surface area contributed by atoms with E-state index in [2.05, 4.69) is 15.6 Å². The zero-order valence-electron chi connectivity index (χ0n) is 10.9. The van der Waals surface area contributed by atoms with E-state index < -0.39 is 18.0 Å². The molecule has 7 nitrogen and oxygen atoms in total. The van der Waals surface area contributed by atoms with Gasteiger partial charge in [-0.3, -0.25) is 5.32 Å². The maximum atomic E-state index is 11.7. The lowest BCUT2D eigenvalue weighted by molar-refractivity contribution is -0.139. The van der Waals surface area contributed by atoms with Crippen LogP contribution in [0.5, 0.6) is 0 Å². The Labute approximate surface area is 120 Å². The molecule has 0 saturated carbocycles. The maximum absolute atomic E-state index is 11.7. The first kappa shape index (κ1) is 14.7. The van der Waals surface area contributed by atoms with Crippen LogP contribution in [0.4, 0.5) is 9.93 Å². The van der Waals surface area contributed by atoms with E-state index in [1.807, 2.05) is 0 Å². The summed E-state index contributed by atoms with van der Waals surface area (Å²) >= 11 is 1.43. The maximum Gasteiger partial charge on any atom is 0.326 e. The van der Waals surface area contributed by atoms with Crippen LogP contribution in [0.15, 0.2) is 0 Å². The van der Waals surface area contributed by atoms with Crippen molar-refractivity contribution in [3.05, 3.63) is 10.6 Å². The van der Waals surface area contributed by atoms with Crippen molar-refractivity contribution in [2.24, 2.45) is 0 Å². The number of carbonyl (C=O) groups excluding carboxylic acids is 1. The minimum absolute atomic E-state index is 0.0306. The van der Waals surface area contributed by atoms with Crippen molar-refractivity contribution >= 4 is 28.5 Å². The molecule has 1 atom stereocenters. The summed E-state index contributed by atoms with van der Waals surface area (Å²) in [4.78, 5) is 28.1. The van der Waals surface area contributed by atoms with Crippen LogP contribution >= 0.6 is 11.3 Å². The number of aryl methyl sites for hydroxylation is 2. The van der Waals surface area contributed by atoms with Crippen molar-refractivity contribution in [2.75, 3.05) is 11.9 Å². The predicted octanol–water partition coefficient (Wildman–Crippen LogP) is 0.979. The van der Waals surface area contributed by atoms with Crippen LogP contribution in [0.1, 0.15) is 29.8 Å². The molecule has 20 heavy (non-hydrogen) atoms. The third-order valence-electron chi connectivity index (χ3n) is 3.09. The monoisotopic (exact) mass is 299 g/mol. The zero-order valence-corrected chi connectivity index (χ0v) is 11.7. The Bertz CT molecular complexity index is 479.